The number of piperidine rings is 1. The van der Waals surface area contributed by atoms with Gasteiger partial charge in [-0.15, -0.1) is 5.16 Å². The Bertz CT molecular complexity index is 218. The second kappa shape index (κ2) is 6.21. The zero-order chi connectivity index (χ0) is 11.2. The first-order valence-electron chi connectivity index (χ1n) is 6.51. The average Bonchev–Trinajstić information content (AvgIpc) is 2.82. The highest BCUT2D eigenvalue weighted by molar-refractivity contribution is 5.59. The highest BCUT2D eigenvalue weighted by Crippen LogP contribution is 2.15. The zero-order valence-corrected chi connectivity index (χ0v) is 10.0. The SMILES string of the molecule is ON=CC1CCN(CCN2CCCC2)CC1. The summed E-state index contributed by atoms with van der Waals surface area (Å²) in [4.78, 5) is 5.11. The summed E-state index contributed by atoms with van der Waals surface area (Å²) < 4.78 is 0. The quantitative estimate of drug-likeness (QED) is 0.445. The van der Waals surface area contributed by atoms with Gasteiger partial charge in [0.25, 0.3) is 0 Å². The summed E-state index contributed by atoms with van der Waals surface area (Å²) in [5, 5.41) is 11.6. The monoisotopic (exact) mass is 225 g/mol. The molecule has 2 rings (SSSR count). The van der Waals surface area contributed by atoms with E-state index in [1.807, 2.05) is 0 Å². The topological polar surface area (TPSA) is 39.1 Å². The van der Waals surface area contributed by atoms with Crippen molar-refractivity contribution in [2.45, 2.75) is 25.7 Å². The predicted molar refractivity (Wildman–Crippen MR) is 65.1 cm³/mol. The first-order chi connectivity index (χ1) is 7.88. The first kappa shape index (κ1) is 11.9. The molecule has 92 valence electrons. The van der Waals surface area contributed by atoms with Gasteiger partial charge in [0.15, 0.2) is 0 Å². The van der Waals surface area contributed by atoms with Crippen molar-refractivity contribution in [3.63, 3.8) is 0 Å². The van der Waals surface area contributed by atoms with E-state index in [-0.39, 0.29) is 0 Å². The number of hydrogen-bond acceptors (Lipinski definition) is 4. The fourth-order valence-electron chi connectivity index (χ4n) is 2.71. The van der Waals surface area contributed by atoms with Crippen molar-refractivity contribution in [2.24, 2.45) is 11.1 Å². The fourth-order valence-corrected chi connectivity index (χ4v) is 2.71. The molecule has 2 aliphatic heterocycles. The highest BCUT2D eigenvalue weighted by Gasteiger charge is 2.19. The van der Waals surface area contributed by atoms with Crippen LogP contribution >= 0.6 is 0 Å². The first-order valence-corrected chi connectivity index (χ1v) is 6.51. The van der Waals surface area contributed by atoms with Gasteiger partial charge in [-0.3, -0.25) is 0 Å². The summed E-state index contributed by atoms with van der Waals surface area (Å²) >= 11 is 0. The molecule has 1 N–H and O–H groups in total. The van der Waals surface area contributed by atoms with E-state index in [1.165, 1.54) is 39.0 Å². The molecule has 0 bridgehead atoms. The predicted octanol–water partition coefficient (Wildman–Crippen LogP) is 1.25. The van der Waals surface area contributed by atoms with Gasteiger partial charge in [-0.2, -0.15) is 0 Å². The third-order valence-electron chi connectivity index (χ3n) is 3.84. The minimum Gasteiger partial charge on any atom is -0.411 e. The molecule has 0 aliphatic carbocycles. The number of likely N-dealkylation sites (tertiary alicyclic amines) is 2. The molecule has 0 aromatic heterocycles. The van der Waals surface area contributed by atoms with E-state index in [2.05, 4.69) is 15.0 Å². The summed E-state index contributed by atoms with van der Waals surface area (Å²) in [5.74, 6) is 0.494. The van der Waals surface area contributed by atoms with Gasteiger partial charge in [0.2, 0.25) is 0 Å². The maximum absolute atomic E-state index is 8.48. The van der Waals surface area contributed by atoms with Gasteiger partial charge in [-0.25, -0.2) is 0 Å². The lowest BCUT2D eigenvalue weighted by Gasteiger charge is -2.31. The van der Waals surface area contributed by atoms with Crippen molar-refractivity contribution in [1.29, 1.82) is 0 Å². The van der Waals surface area contributed by atoms with Gasteiger partial charge < -0.3 is 15.0 Å². The number of hydrogen-bond donors (Lipinski definition) is 1. The average molecular weight is 225 g/mol. The third kappa shape index (κ3) is 3.46. The summed E-state index contributed by atoms with van der Waals surface area (Å²) in [6, 6.07) is 0. The number of oxime groups is 1. The molecule has 2 aliphatic rings. The number of rotatable bonds is 4. The van der Waals surface area contributed by atoms with Crippen molar-refractivity contribution in [2.75, 3.05) is 39.3 Å². The summed E-state index contributed by atoms with van der Waals surface area (Å²) in [7, 11) is 0. The molecular formula is C12H23N3O. The molecule has 0 atom stereocenters. The largest absolute Gasteiger partial charge is 0.411 e. The lowest BCUT2D eigenvalue weighted by atomic mass is 9.98. The van der Waals surface area contributed by atoms with Gasteiger partial charge in [-0.05, 0) is 57.8 Å². The van der Waals surface area contributed by atoms with Crippen LogP contribution < -0.4 is 0 Å². The molecule has 0 radical (unpaired) electrons. The van der Waals surface area contributed by atoms with Gasteiger partial charge >= 0.3 is 0 Å². The van der Waals surface area contributed by atoms with Crippen LogP contribution in [0.4, 0.5) is 0 Å². The fraction of sp³-hybridized carbons (Fsp3) is 0.917. The van der Waals surface area contributed by atoms with Crippen LogP contribution in [0.1, 0.15) is 25.7 Å². The molecule has 4 nitrogen and oxygen atoms in total. The number of nitrogens with zero attached hydrogens (tertiary/aromatic N) is 3. The molecule has 0 aromatic rings. The smallest absolute Gasteiger partial charge is 0.0467 e. The summed E-state index contributed by atoms with van der Waals surface area (Å²) in [6.45, 7) is 7.36. The Labute approximate surface area is 97.9 Å². The van der Waals surface area contributed by atoms with Crippen LogP contribution in [0.5, 0.6) is 0 Å². The van der Waals surface area contributed by atoms with Gasteiger partial charge in [-0.1, -0.05) is 0 Å². The molecule has 2 saturated heterocycles. The molecule has 0 amide bonds. The molecule has 4 heteroatoms. The van der Waals surface area contributed by atoms with Crippen LogP contribution in [0, 0.1) is 5.92 Å². The van der Waals surface area contributed by atoms with Crippen molar-refractivity contribution in [3.8, 4) is 0 Å². The highest BCUT2D eigenvalue weighted by atomic mass is 16.4. The maximum Gasteiger partial charge on any atom is 0.0467 e. The summed E-state index contributed by atoms with van der Waals surface area (Å²) in [5.41, 5.74) is 0. The zero-order valence-electron chi connectivity index (χ0n) is 10.0. The van der Waals surface area contributed by atoms with Crippen LogP contribution in [-0.4, -0.2) is 60.5 Å². The van der Waals surface area contributed by atoms with E-state index < -0.39 is 0 Å². The van der Waals surface area contributed by atoms with Crippen LogP contribution in [0.25, 0.3) is 0 Å². The second-order valence-electron chi connectivity index (χ2n) is 4.99. The molecular weight excluding hydrogens is 202 g/mol. The molecule has 16 heavy (non-hydrogen) atoms. The van der Waals surface area contributed by atoms with E-state index in [0.717, 1.165) is 25.9 Å². The lowest BCUT2D eigenvalue weighted by molar-refractivity contribution is 0.182. The lowest BCUT2D eigenvalue weighted by Crippen LogP contribution is -2.39. The van der Waals surface area contributed by atoms with Gasteiger partial charge in [0.1, 0.15) is 0 Å². The maximum atomic E-state index is 8.48. The van der Waals surface area contributed by atoms with Crippen LogP contribution in [-0.2, 0) is 0 Å². The minimum absolute atomic E-state index is 0.494. The molecule has 0 unspecified atom stereocenters. The molecule has 0 aromatic carbocycles. The van der Waals surface area contributed by atoms with Gasteiger partial charge in [0.05, 0.1) is 0 Å². The van der Waals surface area contributed by atoms with Crippen molar-refractivity contribution >= 4 is 6.21 Å². The Morgan fingerprint density at radius 3 is 2.12 bits per heavy atom. The van der Waals surface area contributed by atoms with Crippen molar-refractivity contribution in [3.05, 3.63) is 0 Å². The van der Waals surface area contributed by atoms with E-state index in [9.17, 15) is 0 Å². The Balaban J connectivity index is 1.61. The Kier molecular flexibility index (Phi) is 4.60. The summed E-state index contributed by atoms with van der Waals surface area (Å²) in [6.07, 6.45) is 6.75. The standard InChI is InChI=1S/C12H23N3O/c16-13-11-12-3-7-15(8-4-12)10-9-14-5-1-2-6-14/h11-12,16H,1-10H2. The van der Waals surface area contributed by atoms with Gasteiger partial charge in [0, 0.05) is 19.3 Å². The second-order valence-corrected chi connectivity index (χ2v) is 4.99. The Morgan fingerprint density at radius 2 is 1.56 bits per heavy atom. The Hall–Kier alpha value is -0.610. The van der Waals surface area contributed by atoms with E-state index >= 15 is 0 Å². The normalized spacial score (nSPS) is 25.8. The molecule has 0 saturated carbocycles. The minimum atomic E-state index is 0.494. The van der Waals surface area contributed by atoms with Crippen molar-refractivity contribution in [1.82, 2.24) is 9.80 Å². The van der Waals surface area contributed by atoms with E-state index in [1.54, 1.807) is 6.21 Å². The Morgan fingerprint density at radius 1 is 1.00 bits per heavy atom. The molecule has 0 spiro atoms. The molecule has 2 fully saturated rings. The van der Waals surface area contributed by atoms with Crippen LogP contribution in [0.3, 0.4) is 0 Å². The van der Waals surface area contributed by atoms with E-state index in [4.69, 9.17) is 5.21 Å². The molecule has 2 heterocycles. The van der Waals surface area contributed by atoms with Crippen molar-refractivity contribution < 1.29 is 5.21 Å². The van der Waals surface area contributed by atoms with Crippen LogP contribution in [0.2, 0.25) is 0 Å². The van der Waals surface area contributed by atoms with E-state index in [0.29, 0.717) is 5.92 Å². The third-order valence-corrected chi connectivity index (χ3v) is 3.84. The van der Waals surface area contributed by atoms with Crippen LogP contribution in [0.15, 0.2) is 5.16 Å².